The first-order chi connectivity index (χ1) is 9.74. The van der Waals surface area contributed by atoms with E-state index in [4.69, 9.17) is 0 Å². The Morgan fingerprint density at radius 3 is 2.39 bits per heavy atom. The zero-order valence-electron chi connectivity index (χ0n) is 14.1. The molecule has 0 aliphatic carbocycles. The number of hydrogen-bond acceptors (Lipinski definition) is 3. The molecule has 2 rings (SSSR count). The minimum atomic E-state index is 0. The van der Waals surface area contributed by atoms with Gasteiger partial charge in [-0.15, -0.1) is 24.8 Å². The number of halogens is 2. The Morgan fingerprint density at radius 2 is 1.74 bits per heavy atom. The predicted molar refractivity (Wildman–Crippen MR) is 105 cm³/mol. The average Bonchev–Trinajstić information content (AvgIpc) is 2.47. The maximum absolute atomic E-state index is 4.67. The van der Waals surface area contributed by atoms with Gasteiger partial charge in [0.2, 0.25) is 0 Å². The van der Waals surface area contributed by atoms with Gasteiger partial charge in [-0.05, 0) is 50.7 Å². The Morgan fingerprint density at radius 1 is 1.09 bits per heavy atom. The summed E-state index contributed by atoms with van der Waals surface area (Å²) in [4.78, 5) is 7.11. The van der Waals surface area contributed by atoms with Gasteiger partial charge in [-0.1, -0.05) is 32.0 Å². The van der Waals surface area contributed by atoms with Gasteiger partial charge in [0, 0.05) is 11.9 Å². The van der Waals surface area contributed by atoms with Gasteiger partial charge in [0.05, 0.1) is 5.52 Å². The molecule has 132 valence electrons. The molecule has 0 fully saturated rings. The van der Waals surface area contributed by atoms with Gasteiger partial charge < -0.3 is 15.7 Å². The van der Waals surface area contributed by atoms with E-state index in [2.05, 4.69) is 60.2 Å². The van der Waals surface area contributed by atoms with Crippen molar-refractivity contribution < 1.29 is 5.48 Å². The molecule has 2 aromatic rings. The molecule has 0 aliphatic heterocycles. The summed E-state index contributed by atoms with van der Waals surface area (Å²) in [5, 5.41) is 4.68. The van der Waals surface area contributed by atoms with E-state index in [1.54, 1.807) is 0 Å². The molecule has 0 saturated heterocycles. The van der Waals surface area contributed by atoms with Crippen LogP contribution < -0.4 is 5.32 Å². The molecule has 1 heterocycles. The Labute approximate surface area is 151 Å². The molecule has 0 saturated carbocycles. The predicted octanol–water partition coefficient (Wildman–Crippen LogP) is 3.71. The molecule has 0 aliphatic rings. The van der Waals surface area contributed by atoms with Crippen LogP contribution in [-0.2, 0) is 0 Å². The van der Waals surface area contributed by atoms with Crippen LogP contribution in [-0.4, -0.2) is 41.5 Å². The second-order valence-corrected chi connectivity index (χ2v) is 5.15. The van der Waals surface area contributed by atoms with Crippen LogP contribution in [0.2, 0.25) is 0 Å². The smallest absolute Gasteiger partial charge is 0.126 e. The third-order valence-corrected chi connectivity index (χ3v) is 3.77. The lowest BCUT2D eigenvalue weighted by molar-refractivity contribution is 0.303. The van der Waals surface area contributed by atoms with Crippen LogP contribution >= 0.6 is 24.8 Å². The number of pyridine rings is 1. The van der Waals surface area contributed by atoms with Crippen molar-refractivity contribution in [2.45, 2.75) is 27.2 Å². The molecule has 1 aromatic carbocycles. The Hall–Kier alpha value is -1.07. The zero-order valence-corrected chi connectivity index (χ0v) is 15.8. The highest BCUT2D eigenvalue weighted by Crippen LogP contribution is 2.19. The van der Waals surface area contributed by atoms with Crippen molar-refractivity contribution in [3.8, 4) is 0 Å². The lowest BCUT2D eigenvalue weighted by atomic mass is 10.1. The number of benzene rings is 1. The number of rotatable bonds is 7. The van der Waals surface area contributed by atoms with Gasteiger partial charge in [0.1, 0.15) is 5.82 Å². The summed E-state index contributed by atoms with van der Waals surface area (Å²) in [6, 6.07) is 10.4. The number of nitrogens with one attached hydrogen (secondary N) is 1. The maximum Gasteiger partial charge on any atom is 0.126 e. The van der Waals surface area contributed by atoms with Gasteiger partial charge in [-0.25, -0.2) is 4.98 Å². The second-order valence-electron chi connectivity index (χ2n) is 5.15. The van der Waals surface area contributed by atoms with Crippen LogP contribution in [0.5, 0.6) is 0 Å². The van der Waals surface area contributed by atoms with Crippen molar-refractivity contribution in [2.75, 3.05) is 31.5 Å². The summed E-state index contributed by atoms with van der Waals surface area (Å²) in [5.41, 5.74) is 2.35. The molecule has 0 spiro atoms. The fourth-order valence-electron chi connectivity index (χ4n) is 2.50. The lowest BCUT2D eigenvalue weighted by Crippen LogP contribution is -2.25. The van der Waals surface area contributed by atoms with E-state index in [1.807, 2.05) is 6.07 Å². The van der Waals surface area contributed by atoms with Gasteiger partial charge in [-0.2, -0.15) is 0 Å². The van der Waals surface area contributed by atoms with E-state index >= 15 is 0 Å². The summed E-state index contributed by atoms with van der Waals surface area (Å²) >= 11 is 0. The molecule has 0 unspecified atom stereocenters. The van der Waals surface area contributed by atoms with E-state index < -0.39 is 0 Å². The highest BCUT2D eigenvalue weighted by atomic mass is 35.5. The largest absolute Gasteiger partial charge is 0.412 e. The molecular formula is C17H29Cl2N3O. The minimum absolute atomic E-state index is 0. The van der Waals surface area contributed by atoms with Crippen molar-refractivity contribution >= 4 is 41.5 Å². The quantitative estimate of drug-likeness (QED) is 0.764. The third kappa shape index (κ3) is 6.92. The SMILES string of the molecule is CCN(CC)CCCNc1cc(C)c2ccccc2n1.Cl.Cl.O. The number of anilines is 1. The third-order valence-electron chi connectivity index (χ3n) is 3.77. The minimum Gasteiger partial charge on any atom is -0.412 e. The van der Waals surface area contributed by atoms with Gasteiger partial charge >= 0.3 is 0 Å². The molecule has 0 radical (unpaired) electrons. The average molecular weight is 362 g/mol. The van der Waals surface area contributed by atoms with Crippen LogP contribution in [0.4, 0.5) is 5.82 Å². The number of para-hydroxylation sites is 1. The summed E-state index contributed by atoms with van der Waals surface area (Å²) < 4.78 is 0. The van der Waals surface area contributed by atoms with Crippen LogP contribution in [0.15, 0.2) is 30.3 Å². The van der Waals surface area contributed by atoms with Crippen molar-refractivity contribution in [1.82, 2.24) is 9.88 Å². The van der Waals surface area contributed by atoms with Gasteiger partial charge in [-0.3, -0.25) is 0 Å². The van der Waals surface area contributed by atoms with Crippen molar-refractivity contribution in [3.63, 3.8) is 0 Å². The zero-order chi connectivity index (χ0) is 14.4. The molecule has 0 atom stereocenters. The van der Waals surface area contributed by atoms with Crippen LogP contribution in [0.25, 0.3) is 10.9 Å². The molecule has 23 heavy (non-hydrogen) atoms. The van der Waals surface area contributed by atoms with Crippen LogP contribution in [0.1, 0.15) is 25.8 Å². The number of aryl methyl sites for hydroxylation is 1. The normalized spacial score (nSPS) is 9.74. The van der Waals surface area contributed by atoms with E-state index in [-0.39, 0.29) is 30.3 Å². The second kappa shape index (κ2) is 12.4. The fraction of sp³-hybridized carbons (Fsp3) is 0.471. The van der Waals surface area contributed by atoms with E-state index in [1.165, 1.54) is 10.9 Å². The Balaban J connectivity index is 0. The number of hydrogen-bond donors (Lipinski definition) is 1. The van der Waals surface area contributed by atoms with Gasteiger partial charge in [0.15, 0.2) is 0 Å². The van der Waals surface area contributed by atoms with Gasteiger partial charge in [0.25, 0.3) is 0 Å². The first-order valence-corrected chi connectivity index (χ1v) is 7.57. The molecule has 0 bridgehead atoms. The fourth-order valence-corrected chi connectivity index (χ4v) is 2.50. The highest BCUT2D eigenvalue weighted by molar-refractivity contribution is 5.85. The van der Waals surface area contributed by atoms with Crippen LogP contribution in [0.3, 0.4) is 0 Å². The number of fused-ring (bicyclic) bond motifs is 1. The summed E-state index contributed by atoms with van der Waals surface area (Å²) in [7, 11) is 0. The van der Waals surface area contributed by atoms with E-state index in [0.717, 1.165) is 43.9 Å². The summed E-state index contributed by atoms with van der Waals surface area (Å²) in [6.45, 7) is 10.9. The number of aromatic nitrogens is 1. The molecule has 1 aromatic heterocycles. The molecular weight excluding hydrogens is 333 g/mol. The number of nitrogens with zero attached hydrogens (tertiary/aromatic N) is 2. The first-order valence-electron chi connectivity index (χ1n) is 7.57. The topological polar surface area (TPSA) is 59.7 Å². The van der Waals surface area contributed by atoms with Crippen molar-refractivity contribution in [3.05, 3.63) is 35.9 Å². The summed E-state index contributed by atoms with van der Waals surface area (Å²) in [6.07, 6.45) is 1.15. The summed E-state index contributed by atoms with van der Waals surface area (Å²) in [5.74, 6) is 0.987. The standard InChI is InChI=1S/C17H25N3.2ClH.H2O/c1-4-20(5-2)12-8-11-18-17-13-14(3)15-9-6-7-10-16(15)19-17;;;/h6-7,9-10,13H,4-5,8,11-12H2,1-3H3,(H,18,19);2*1H;1H2. The first kappa shape index (κ1) is 24.2. The molecule has 0 amide bonds. The van der Waals surface area contributed by atoms with Crippen molar-refractivity contribution in [1.29, 1.82) is 0 Å². The Kier molecular flexibility index (Phi) is 13.0. The molecule has 3 N–H and O–H groups in total. The Bertz CT molecular complexity index is 563. The van der Waals surface area contributed by atoms with E-state index in [0.29, 0.717) is 0 Å². The van der Waals surface area contributed by atoms with Crippen LogP contribution in [0, 0.1) is 6.92 Å². The van der Waals surface area contributed by atoms with Crippen molar-refractivity contribution in [2.24, 2.45) is 0 Å². The lowest BCUT2D eigenvalue weighted by Gasteiger charge is -2.18. The highest BCUT2D eigenvalue weighted by Gasteiger charge is 2.02. The molecule has 6 heteroatoms. The van der Waals surface area contributed by atoms with E-state index in [9.17, 15) is 0 Å². The molecule has 4 nitrogen and oxygen atoms in total. The monoisotopic (exact) mass is 361 g/mol. The maximum atomic E-state index is 4.67.